The monoisotopic (exact) mass is 245 g/mol. The minimum atomic E-state index is -0.160. The Bertz CT molecular complexity index is 593. The highest BCUT2D eigenvalue weighted by molar-refractivity contribution is 5.55. The zero-order valence-corrected chi connectivity index (χ0v) is 10.4. The number of H-pyrrole nitrogens is 1. The molecule has 2 aromatic rings. The molecule has 5 nitrogen and oxygen atoms in total. The fourth-order valence-corrected chi connectivity index (χ4v) is 1.59. The second-order valence-corrected chi connectivity index (χ2v) is 3.80. The first-order valence-corrected chi connectivity index (χ1v) is 5.72. The second-order valence-electron chi connectivity index (χ2n) is 3.80. The van der Waals surface area contributed by atoms with E-state index < -0.39 is 0 Å². The lowest BCUT2D eigenvalue weighted by Gasteiger charge is -2.07. The van der Waals surface area contributed by atoms with E-state index in [0.29, 0.717) is 5.95 Å². The van der Waals surface area contributed by atoms with Crippen LogP contribution in [-0.2, 0) is 6.42 Å². The van der Waals surface area contributed by atoms with Crippen LogP contribution in [0.5, 0.6) is 5.75 Å². The smallest absolute Gasteiger partial charge is 0.252 e. The van der Waals surface area contributed by atoms with Crippen molar-refractivity contribution in [1.29, 1.82) is 0 Å². The van der Waals surface area contributed by atoms with Crippen molar-refractivity contribution in [3.8, 4) is 5.75 Å². The predicted octanol–water partition coefficient (Wildman–Crippen LogP) is 2.08. The van der Waals surface area contributed by atoms with Crippen molar-refractivity contribution in [2.24, 2.45) is 0 Å². The number of ether oxygens (including phenoxy) is 1. The Balaban J connectivity index is 2.27. The Morgan fingerprint density at radius 3 is 2.94 bits per heavy atom. The van der Waals surface area contributed by atoms with Gasteiger partial charge < -0.3 is 10.1 Å². The summed E-state index contributed by atoms with van der Waals surface area (Å²) in [6.07, 6.45) is 0.719. The van der Waals surface area contributed by atoms with E-state index in [0.717, 1.165) is 23.6 Å². The Hall–Kier alpha value is -2.30. The maximum atomic E-state index is 11.4. The molecule has 0 aliphatic carbocycles. The van der Waals surface area contributed by atoms with Gasteiger partial charge in [0.2, 0.25) is 5.95 Å². The Labute approximate surface area is 105 Å². The summed E-state index contributed by atoms with van der Waals surface area (Å²) in [6.45, 7) is 1.96. The van der Waals surface area contributed by atoms with Crippen LogP contribution >= 0.6 is 0 Å². The van der Waals surface area contributed by atoms with Crippen LogP contribution in [0.4, 0.5) is 11.6 Å². The van der Waals surface area contributed by atoms with E-state index in [9.17, 15) is 4.79 Å². The van der Waals surface area contributed by atoms with E-state index in [-0.39, 0.29) is 5.56 Å². The number of hydrogen-bond acceptors (Lipinski definition) is 4. The van der Waals surface area contributed by atoms with Gasteiger partial charge in [0.25, 0.3) is 5.56 Å². The minimum Gasteiger partial charge on any atom is -0.497 e. The van der Waals surface area contributed by atoms with Crippen molar-refractivity contribution in [2.75, 3.05) is 12.4 Å². The van der Waals surface area contributed by atoms with Gasteiger partial charge in [0.15, 0.2) is 0 Å². The quantitative estimate of drug-likeness (QED) is 0.865. The van der Waals surface area contributed by atoms with Crippen LogP contribution in [0.3, 0.4) is 0 Å². The van der Waals surface area contributed by atoms with E-state index in [2.05, 4.69) is 15.3 Å². The lowest BCUT2D eigenvalue weighted by Crippen LogP contribution is -2.11. The van der Waals surface area contributed by atoms with Crippen LogP contribution in [0.15, 0.2) is 35.1 Å². The van der Waals surface area contributed by atoms with Crippen molar-refractivity contribution in [2.45, 2.75) is 13.3 Å². The maximum absolute atomic E-state index is 11.4. The van der Waals surface area contributed by atoms with Gasteiger partial charge in [-0.15, -0.1) is 0 Å². The van der Waals surface area contributed by atoms with Gasteiger partial charge in [0.1, 0.15) is 5.75 Å². The van der Waals surface area contributed by atoms with Crippen LogP contribution in [0.25, 0.3) is 0 Å². The highest BCUT2D eigenvalue weighted by Crippen LogP contribution is 2.18. The van der Waals surface area contributed by atoms with Crippen LogP contribution in [-0.4, -0.2) is 17.1 Å². The summed E-state index contributed by atoms with van der Waals surface area (Å²) < 4.78 is 5.13. The maximum Gasteiger partial charge on any atom is 0.252 e. The van der Waals surface area contributed by atoms with Gasteiger partial charge in [-0.2, -0.15) is 0 Å². The fraction of sp³-hybridized carbons (Fsp3) is 0.231. The topological polar surface area (TPSA) is 67.0 Å². The number of hydrogen-bond donors (Lipinski definition) is 2. The number of aromatic nitrogens is 2. The molecule has 0 amide bonds. The molecule has 18 heavy (non-hydrogen) atoms. The van der Waals surface area contributed by atoms with E-state index in [1.54, 1.807) is 7.11 Å². The number of nitrogens with one attached hydrogen (secondary N) is 2. The van der Waals surface area contributed by atoms with Crippen LogP contribution in [0, 0.1) is 0 Å². The molecule has 0 unspecified atom stereocenters. The van der Waals surface area contributed by atoms with E-state index in [1.807, 2.05) is 31.2 Å². The highest BCUT2D eigenvalue weighted by Gasteiger charge is 2.01. The summed E-state index contributed by atoms with van der Waals surface area (Å²) in [7, 11) is 1.61. The molecule has 0 aliphatic heterocycles. The van der Waals surface area contributed by atoms with E-state index >= 15 is 0 Å². The zero-order chi connectivity index (χ0) is 13.0. The number of aromatic amines is 1. The zero-order valence-electron chi connectivity index (χ0n) is 10.4. The molecule has 0 saturated heterocycles. The third-order valence-corrected chi connectivity index (χ3v) is 2.49. The van der Waals surface area contributed by atoms with Crippen molar-refractivity contribution >= 4 is 11.6 Å². The molecule has 5 heteroatoms. The van der Waals surface area contributed by atoms with Crippen LogP contribution in [0.2, 0.25) is 0 Å². The molecule has 0 spiro atoms. The molecule has 0 radical (unpaired) electrons. The van der Waals surface area contributed by atoms with Gasteiger partial charge in [-0.3, -0.25) is 9.78 Å². The summed E-state index contributed by atoms with van der Waals surface area (Å²) in [5, 5.41) is 3.05. The molecule has 2 N–H and O–H groups in total. The normalized spacial score (nSPS) is 10.1. The van der Waals surface area contributed by atoms with Gasteiger partial charge in [-0.05, 0) is 18.6 Å². The molecule has 0 fully saturated rings. The number of aryl methyl sites for hydroxylation is 1. The largest absolute Gasteiger partial charge is 0.497 e. The standard InChI is InChI=1S/C13H15N3O2/c1-3-9-8-12(17)16-13(14-9)15-10-5-4-6-11(7-10)18-2/h4-8H,3H2,1-2H3,(H2,14,15,16,17). The van der Waals surface area contributed by atoms with Crippen LogP contribution in [0.1, 0.15) is 12.6 Å². The molecular weight excluding hydrogens is 230 g/mol. The lowest BCUT2D eigenvalue weighted by molar-refractivity contribution is 0.415. The lowest BCUT2D eigenvalue weighted by atomic mass is 10.3. The molecule has 0 atom stereocenters. The second kappa shape index (κ2) is 5.35. The summed E-state index contributed by atoms with van der Waals surface area (Å²) in [5.74, 6) is 1.18. The van der Waals surface area contributed by atoms with E-state index in [1.165, 1.54) is 6.07 Å². The van der Waals surface area contributed by atoms with Gasteiger partial charge in [0.05, 0.1) is 7.11 Å². The van der Waals surface area contributed by atoms with Crippen molar-refractivity contribution in [3.05, 3.63) is 46.4 Å². The average molecular weight is 245 g/mol. The van der Waals surface area contributed by atoms with E-state index in [4.69, 9.17) is 4.74 Å². The molecule has 94 valence electrons. The number of rotatable bonds is 4. The molecular formula is C13H15N3O2. The van der Waals surface area contributed by atoms with Crippen molar-refractivity contribution in [3.63, 3.8) is 0 Å². The summed E-state index contributed by atoms with van der Waals surface area (Å²) >= 11 is 0. The van der Waals surface area contributed by atoms with Gasteiger partial charge in [-0.1, -0.05) is 13.0 Å². The molecule has 1 aromatic carbocycles. The van der Waals surface area contributed by atoms with Gasteiger partial charge in [0, 0.05) is 23.5 Å². The van der Waals surface area contributed by atoms with Crippen LogP contribution < -0.4 is 15.6 Å². The van der Waals surface area contributed by atoms with Crippen molar-refractivity contribution < 1.29 is 4.74 Å². The fourth-order valence-electron chi connectivity index (χ4n) is 1.59. The molecule has 0 bridgehead atoms. The summed E-state index contributed by atoms with van der Waals surface area (Å²) in [5.41, 5.74) is 1.40. The number of nitrogens with zero attached hydrogens (tertiary/aromatic N) is 1. The number of anilines is 2. The van der Waals surface area contributed by atoms with Crippen molar-refractivity contribution in [1.82, 2.24) is 9.97 Å². The number of benzene rings is 1. The average Bonchev–Trinajstić information content (AvgIpc) is 2.38. The first-order valence-electron chi connectivity index (χ1n) is 5.72. The first-order chi connectivity index (χ1) is 8.71. The third kappa shape index (κ3) is 2.88. The molecule has 0 saturated carbocycles. The third-order valence-electron chi connectivity index (χ3n) is 2.49. The molecule has 2 rings (SSSR count). The Morgan fingerprint density at radius 1 is 1.39 bits per heavy atom. The predicted molar refractivity (Wildman–Crippen MR) is 70.5 cm³/mol. The SMILES string of the molecule is CCc1cc(=O)[nH]c(Nc2cccc(OC)c2)n1. The van der Waals surface area contributed by atoms with Gasteiger partial charge in [-0.25, -0.2) is 4.98 Å². The Morgan fingerprint density at radius 2 is 2.22 bits per heavy atom. The minimum absolute atomic E-state index is 0.160. The first kappa shape index (κ1) is 12.2. The highest BCUT2D eigenvalue weighted by atomic mass is 16.5. The molecule has 0 aliphatic rings. The van der Waals surface area contributed by atoms with Gasteiger partial charge >= 0.3 is 0 Å². The summed E-state index contributed by atoms with van der Waals surface area (Å²) in [6, 6.07) is 8.92. The molecule has 1 heterocycles. The number of methoxy groups -OCH3 is 1. The summed E-state index contributed by atoms with van der Waals surface area (Å²) in [4.78, 5) is 18.4. The Kier molecular flexibility index (Phi) is 3.62. The molecule has 1 aromatic heterocycles.